The molecule has 0 spiro atoms. The van der Waals surface area contributed by atoms with Crippen LogP contribution < -0.4 is 5.73 Å². The van der Waals surface area contributed by atoms with E-state index in [1.807, 2.05) is 38.1 Å². The molecule has 1 atom stereocenters. The molecule has 20 heavy (non-hydrogen) atoms. The van der Waals surface area contributed by atoms with Gasteiger partial charge in [-0.2, -0.15) is 0 Å². The minimum atomic E-state index is 0.247. The van der Waals surface area contributed by atoms with Crippen LogP contribution in [-0.2, 0) is 11.3 Å². The maximum Gasteiger partial charge on any atom is 0.223 e. The van der Waals surface area contributed by atoms with Crippen LogP contribution in [0.3, 0.4) is 0 Å². The molecule has 2 heterocycles. The fourth-order valence-electron chi connectivity index (χ4n) is 2.81. The molecule has 2 N–H and O–H groups in total. The molecule has 0 saturated carbocycles. The summed E-state index contributed by atoms with van der Waals surface area (Å²) < 4.78 is 0. The summed E-state index contributed by atoms with van der Waals surface area (Å²) in [5.41, 5.74) is 7.97. The van der Waals surface area contributed by atoms with E-state index in [0.717, 1.165) is 31.7 Å². The van der Waals surface area contributed by atoms with Gasteiger partial charge in [0, 0.05) is 26.1 Å². The molecule has 1 aliphatic rings. The van der Waals surface area contributed by atoms with Crippen molar-refractivity contribution < 1.29 is 4.79 Å². The Labute approximate surface area is 120 Å². The summed E-state index contributed by atoms with van der Waals surface area (Å²) in [4.78, 5) is 20.5. The largest absolute Gasteiger partial charge is 0.384 e. The lowest BCUT2D eigenvalue weighted by Gasteiger charge is -2.32. The molecule has 5 heteroatoms. The normalized spacial score (nSPS) is 19.7. The number of piperidine rings is 1. The highest BCUT2D eigenvalue weighted by molar-refractivity contribution is 5.78. The van der Waals surface area contributed by atoms with E-state index in [1.165, 1.54) is 5.56 Å². The van der Waals surface area contributed by atoms with Gasteiger partial charge in [0.15, 0.2) is 0 Å². The van der Waals surface area contributed by atoms with Crippen LogP contribution in [0, 0.1) is 0 Å². The zero-order chi connectivity index (χ0) is 14.7. The topological polar surface area (TPSA) is 62.5 Å². The minimum absolute atomic E-state index is 0.247. The number of anilines is 1. The van der Waals surface area contributed by atoms with Crippen LogP contribution in [0.25, 0.3) is 0 Å². The standard InChI is InChI=1S/C15H24N4O/c1-4-19-8-7-11(9-15(19)20)12-5-6-14(16)17-13(12)10-18(2)3/h5-6,11H,4,7-10H2,1-3H3,(H2,16,17). The molecule has 5 nitrogen and oxygen atoms in total. The third-order valence-corrected chi connectivity index (χ3v) is 3.84. The maximum absolute atomic E-state index is 12.1. The number of carbonyl (C=O) groups excluding carboxylic acids is 1. The molecule has 1 fully saturated rings. The number of nitrogens with two attached hydrogens (primary N) is 1. The van der Waals surface area contributed by atoms with Crippen molar-refractivity contribution in [3.8, 4) is 0 Å². The van der Waals surface area contributed by atoms with Gasteiger partial charge in [-0.25, -0.2) is 4.98 Å². The van der Waals surface area contributed by atoms with Crippen molar-refractivity contribution in [2.24, 2.45) is 0 Å². The highest BCUT2D eigenvalue weighted by Crippen LogP contribution is 2.31. The predicted molar refractivity (Wildman–Crippen MR) is 80.3 cm³/mol. The van der Waals surface area contributed by atoms with Crippen LogP contribution in [0.2, 0.25) is 0 Å². The summed E-state index contributed by atoms with van der Waals surface area (Å²) in [7, 11) is 4.03. The van der Waals surface area contributed by atoms with Gasteiger partial charge in [0.25, 0.3) is 0 Å². The first-order chi connectivity index (χ1) is 9.51. The molecule has 1 aromatic heterocycles. The molecule has 1 saturated heterocycles. The summed E-state index contributed by atoms with van der Waals surface area (Å²) in [6.07, 6.45) is 1.59. The number of likely N-dealkylation sites (tertiary alicyclic amines) is 1. The third kappa shape index (κ3) is 3.28. The van der Waals surface area contributed by atoms with E-state index in [9.17, 15) is 4.79 Å². The number of pyridine rings is 1. The molecule has 1 aromatic rings. The lowest BCUT2D eigenvalue weighted by molar-refractivity contribution is -0.133. The van der Waals surface area contributed by atoms with Gasteiger partial charge in [-0.3, -0.25) is 4.79 Å². The monoisotopic (exact) mass is 276 g/mol. The first-order valence-corrected chi connectivity index (χ1v) is 7.19. The second-order valence-electron chi connectivity index (χ2n) is 5.67. The van der Waals surface area contributed by atoms with Crippen molar-refractivity contribution in [2.75, 3.05) is 32.9 Å². The molecular formula is C15H24N4O. The van der Waals surface area contributed by atoms with Crippen LogP contribution in [0.4, 0.5) is 5.82 Å². The molecular weight excluding hydrogens is 252 g/mol. The highest BCUT2D eigenvalue weighted by Gasteiger charge is 2.27. The summed E-state index contributed by atoms with van der Waals surface area (Å²) in [5, 5.41) is 0. The Kier molecular flexibility index (Phi) is 4.60. The molecule has 1 amide bonds. The van der Waals surface area contributed by atoms with Crippen molar-refractivity contribution in [1.29, 1.82) is 0 Å². The van der Waals surface area contributed by atoms with E-state index in [-0.39, 0.29) is 11.8 Å². The number of nitrogens with zero attached hydrogens (tertiary/aromatic N) is 3. The Morgan fingerprint density at radius 3 is 2.80 bits per heavy atom. The average molecular weight is 276 g/mol. The van der Waals surface area contributed by atoms with Gasteiger partial charge in [0.1, 0.15) is 5.82 Å². The molecule has 110 valence electrons. The van der Waals surface area contributed by atoms with Gasteiger partial charge in [0.2, 0.25) is 5.91 Å². The Balaban J connectivity index is 2.22. The fourth-order valence-corrected chi connectivity index (χ4v) is 2.81. The smallest absolute Gasteiger partial charge is 0.223 e. The third-order valence-electron chi connectivity index (χ3n) is 3.84. The lowest BCUT2D eigenvalue weighted by Crippen LogP contribution is -2.38. The first kappa shape index (κ1) is 14.8. The fraction of sp³-hybridized carbons (Fsp3) is 0.600. The number of rotatable bonds is 4. The van der Waals surface area contributed by atoms with Crippen LogP contribution >= 0.6 is 0 Å². The number of hydrogen-bond acceptors (Lipinski definition) is 4. The Morgan fingerprint density at radius 1 is 1.45 bits per heavy atom. The van der Waals surface area contributed by atoms with Gasteiger partial charge in [0.05, 0.1) is 5.69 Å². The van der Waals surface area contributed by atoms with Crippen molar-refractivity contribution >= 4 is 11.7 Å². The predicted octanol–water partition coefficient (Wildman–Crippen LogP) is 1.45. The van der Waals surface area contributed by atoms with Gasteiger partial charge >= 0.3 is 0 Å². The number of carbonyl (C=O) groups is 1. The van der Waals surface area contributed by atoms with Gasteiger partial charge in [-0.15, -0.1) is 0 Å². The Hall–Kier alpha value is -1.62. The molecule has 1 unspecified atom stereocenters. The summed E-state index contributed by atoms with van der Waals surface area (Å²) in [6, 6.07) is 3.88. The van der Waals surface area contributed by atoms with E-state index >= 15 is 0 Å². The van der Waals surface area contributed by atoms with E-state index in [0.29, 0.717) is 12.2 Å². The molecule has 0 aliphatic carbocycles. The summed E-state index contributed by atoms with van der Waals surface area (Å²) in [5.74, 6) is 1.06. The maximum atomic E-state index is 12.1. The van der Waals surface area contributed by atoms with Crippen molar-refractivity contribution in [1.82, 2.24) is 14.8 Å². The van der Waals surface area contributed by atoms with E-state index in [2.05, 4.69) is 9.88 Å². The van der Waals surface area contributed by atoms with Crippen molar-refractivity contribution in [2.45, 2.75) is 32.2 Å². The SMILES string of the molecule is CCN1CCC(c2ccc(N)nc2CN(C)C)CC1=O. The van der Waals surface area contributed by atoms with Crippen molar-refractivity contribution in [3.05, 3.63) is 23.4 Å². The molecule has 2 rings (SSSR count). The van der Waals surface area contributed by atoms with Crippen LogP contribution in [0.5, 0.6) is 0 Å². The first-order valence-electron chi connectivity index (χ1n) is 7.19. The van der Waals surface area contributed by atoms with Crippen molar-refractivity contribution in [3.63, 3.8) is 0 Å². The zero-order valence-electron chi connectivity index (χ0n) is 12.6. The number of nitrogen functional groups attached to an aromatic ring is 1. The van der Waals surface area contributed by atoms with Crippen LogP contribution in [0.1, 0.15) is 36.9 Å². The quantitative estimate of drug-likeness (QED) is 0.904. The Bertz CT molecular complexity index is 487. The number of hydrogen-bond donors (Lipinski definition) is 1. The minimum Gasteiger partial charge on any atom is -0.384 e. The second kappa shape index (κ2) is 6.22. The Morgan fingerprint density at radius 2 is 2.20 bits per heavy atom. The van der Waals surface area contributed by atoms with E-state index in [1.54, 1.807) is 0 Å². The molecule has 0 aromatic carbocycles. The molecule has 1 aliphatic heterocycles. The number of aromatic nitrogens is 1. The van der Waals surface area contributed by atoms with Gasteiger partial charge in [-0.1, -0.05) is 6.07 Å². The van der Waals surface area contributed by atoms with Gasteiger partial charge in [-0.05, 0) is 45.0 Å². The van der Waals surface area contributed by atoms with Crippen LogP contribution in [-0.4, -0.2) is 47.9 Å². The van der Waals surface area contributed by atoms with E-state index < -0.39 is 0 Å². The number of amides is 1. The molecule has 0 bridgehead atoms. The average Bonchev–Trinajstić information content (AvgIpc) is 2.38. The highest BCUT2D eigenvalue weighted by atomic mass is 16.2. The summed E-state index contributed by atoms with van der Waals surface area (Å²) in [6.45, 7) is 4.42. The van der Waals surface area contributed by atoms with E-state index in [4.69, 9.17) is 5.73 Å². The second-order valence-corrected chi connectivity index (χ2v) is 5.67. The van der Waals surface area contributed by atoms with Gasteiger partial charge < -0.3 is 15.5 Å². The zero-order valence-corrected chi connectivity index (χ0v) is 12.6. The molecule has 0 radical (unpaired) electrons. The lowest BCUT2D eigenvalue weighted by atomic mass is 9.87. The summed E-state index contributed by atoms with van der Waals surface area (Å²) >= 11 is 0. The van der Waals surface area contributed by atoms with Crippen LogP contribution in [0.15, 0.2) is 12.1 Å².